The van der Waals surface area contributed by atoms with Crippen molar-refractivity contribution >= 4 is 0 Å². The molecule has 2 rings (SSSR count). The fourth-order valence-electron chi connectivity index (χ4n) is 2.89. The van der Waals surface area contributed by atoms with Gasteiger partial charge >= 0.3 is 0 Å². The van der Waals surface area contributed by atoms with Crippen LogP contribution in [-0.4, -0.2) is 6.54 Å². The summed E-state index contributed by atoms with van der Waals surface area (Å²) in [5.74, 6) is 0. The molecule has 0 bridgehead atoms. The molecule has 1 unspecified atom stereocenters. The molecular weight excluding hydrogens is 254 g/mol. The second kappa shape index (κ2) is 7.42. The highest BCUT2D eigenvalue weighted by molar-refractivity contribution is 5.39. The number of nitrogens with one attached hydrogen (secondary N) is 1. The molecule has 0 saturated heterocycles. The smallest absolute Gasteiger partial charge is 0.0576 e. The molecule has 0 radical (unpaired) electrons. The van der Waals surface area contributed by atoms with E-state index in [1.54, 1.807) is 0 Å². The monoisotopic (exact) mass is 281 g/mol. The van der Waals surface area contributed by atoms with Crippen molar-refractivity contribution in [3.63, 3.8) is 0 Å². The molecular formula is C20H27N. The van der Waals surface area contributed by atoms with Crippen molar-refractivity contribution in [3.8, 4) is 0 Å². The van der Waals surface area contributed by atoms with Crippen molar-refractivity contribution < 1.29 is 0 Å². The number of rotatable bonds is 6. The number of benzene rings is 2. The molecule has 2 aromatic carbocycles. The van der Waals surface area contributed by atoms with Gasteiger partial charge in [0.2, 0.25) is 0 Å². The lowest BCUT2D eigenvalue weighted by molar-refractivity contribution is 0.629. The van der Waals surface area contributed by atoms with Gasteiger partial charge in [0.1, 0.15) is 0 Å². The molecule has 112 valence electrons. The Balaban J connectivity index is 2.40. The SMILES string of the molecule is CCNC(c1ccc(C)cc1)c1ccc(CC)c(CC)c1. The Morgan fingerprint density at radius 3 is 2.00 bits per heavy atom. The first-order valence-corrected chi connectivity index (χ1v) is 8.11. The van der Waals surface area contributed by atoms with Gasteiger partial charge in [0, 0.05) is 0 Å². The van der Waals surface area contributed by atoms with Crippen LogP contribution in [0.4, 0.5) is 0 Å². The summed E-state index contributed by atoms with van der Waals surface area (Å²) in [7, 11) is 0. The molecule has 1 N–H and O–H groups in total. The Kier molecular flexibility index (Phi) is 5.58. The summed E-state index contributed by atoms with van der Waals surface area (Å²) in [5, 5.41) is 3.62. The Morgan fingerprint density at radius 2 is 1.43 bits per heavy atom. The third-order valence-corrected chi connectivity index (χ3v) is 4.14. The predicted octanol–water partition coefficient (Wildman–Crippen LogP) is 4.82. The van der Waals surface area contributed by atoms with Crippen LogP contribution in [0.5, 0.6) is 0 Å². The lowest BCUT2D eigenvalue weighted by atomic mass is 9.93. The molecule has 1 nitrogen and oxygen atoms in total. The van der Waals surface area contributed by atoms with Gasteiger partial charge < -0.3 is 5.32 Å². The van der Waals surface area contributed by atoms with E-state index < -0.39 is 0 Å². The van der Waals surface area contributed by atoms with Gasteiger partial charge in [0.25, 0.3) is 0 Å². The fraction of sp³-hybridized carbons (Fsp3) is 0.400. The molecule has 0 amide bonds. The highest BCUT2D eigenvalue weighted by atomic mass is 14.9. The molecule has 0 heterocycles. The summed E-state index contributed by atoms with van der Waals surface area (Å²) in [6, 6.07) is 16.1. The number of hydrogen-bond acceptors (Lipinski definition) is 1. The second-order valence-electron chi connectivity index (χ2n) is 5.64. The zero-order valence-corrected chi connectivity index (χ0v) is 13.7. The first-order valence-electron chi connectivity index (χ1n) is 8.11. The second-order valence-corrected chi connectivity index (χ2v) is 5.64. The van der Waals surface area contributed by atoms with Crippen molar-refractivity contribution in [2.75, 3.05) is 6.54 Å². The third kappa shape index (κ3) is 3.74. The zero-order chi connectivity index (χ0) is 15.2. The zero-order valence-electron chi connectivity index (χ0n) is 13.7. The molecule has 1 heteroatoms. The lowest BCUT2D eigenvalue weighted by Gasteiger charge is -2.21. The van der Waals surface area contributed by atoms with Crippen LogP contribution < -0.4 is 5.32 Å². The topological polar surface area (TPSA) is 12.0 Å². The van der Waals surface area contributed by atoms with E-state index in [1.807, 2.05) is 0 Å². The maximum atomic E-state index is 3.62. The van der Waals surface area contributed by atoms with Crippen molar-refractivity contribution in [1.29, 1.82) is 0 Å². The fourth-order valence-corrected chi connectivity index (χ4v) is 2.89. The van der Waals surface area contributed by atoms with Crippen LogP contribution in [0.2, 0.25) is 0 Å². The Bertz CT molecular complexity index is 569. The molecule has 0 aliphatic carbocycles. The quantitative estimate of drug-likeness (QED) is 0.800. The van der Waals surface area contributed by atoms with Crippen molar-refractivity contribution in [1.82, 2.24) is 5.32 Å². The molecule has 21 heavy (non-hydrogen) atoms. The van der Waals surface area contributed by atoms with Crippen molar-refractivity contribution in [2.24, 2.45) is 0 Å². The largest absolute Gasteiger partial charge is 0.307 e. The van der Waals surface area contributed by atoms with Gasteiger partial charge in [0.05, 0.1) is 6.04 Å². The summed E-state index contributed by atoms with van der Waals surface area (Å²) in [6.07, 6.45) is 2.21. The van der Waals surface area contributed by atoms with Crippen LogP contribution in [0.25, 0.3) is 0 Å². The van der Waals surface area contributed by atoms with Gasteiger partial charge in [-0.25, -0.2) is 0 Å². The molecule has 0 fully saturated rings. The number of aryl methyl sites for hydroxylation is 3. The summed E-state index contributed by atoms with van der Waals surface area (Å²) in [6.45, 7) is 9.75. The summed E-state index contributed by atoms with van der Waals surface area (Å²) >= 11 is 0. The van der Waals surface area contributed by atoms with Crippen LogP contribution in [0, 0.1) is 6.92 Å². The first kappa shape index (κ1) is 15.8. The van der Waals surface area contributed by atoms with Crippen LogP contribution in [-0.2, 0) is 12.8 Å². The van der Waals surface area contributed by atoms with E-state index in [-0.39, 0.29) is 6.04 Å². The minimum Gasteiger partial charge on any atom is -0.307 e. The molecule has 1 atom stereocenters. The van der Waals surface area contributed by atoms with Crippen LogP contribution in [0.15, 0.2) is 42.5 Å². The van der Waals surface area contributed by atoms with E-state index in [4.69, 9.17) is 0 Å². The van der Waals surface area contributed by atoms with Gasteiger partial charge in [-0.3, -0.25) is 0 Å². The van der Waals surface area contributed by atoms with E-state index in [0.717, 1.165) is 19.4 Å². The van der Waals surface area contributed by atoms with Crippen LogP contribution in [0.1, 0.15) is 54.6 Å². The normalized spacial score (nSPS) is 12.4. The number of hydrogen-bond donors (Lipinski definition) is 1. The van der Waals surface area contributed by atoms with E-state index in [0.29, 0.717) is 0 Å². The molecule has 0 spiro atoms. The predicted molar refractivity (Wildman–Crippen MR) is 91.9 cm³/mol. The first-order chi connectivity index (χ1) is 10.2. The molecule has 2 aromatic rings. The molecule has 0 aliphatic rings. The minimum absolute atomic E-state index is 0.284. The minimum atomic E-state index is 0.284. The van der Waals surface area contributed by atoms with Crippen molar-refractivity contribution in [2.45, 2.75) is 46.6 Å². The maximum Gasteiger partial charge on any atom is 0.0576 e. The summed E-state index contributed by atoms with van der Waals surface area (Å²) in [4.78, 5) is 0. The van der Waals surface area contributed by atoms with Gasteiger partial charge in [-0.05, 0) is 48.6 Å². The van der Waals surface area contributed by atoms with Crippen LogP contribution >= 0.6 is 0 Å². The summed E-state index contributed by atoms with van der Waals surface area (Å²) in [5.41, 5.74) is 6.97. The Hall–Kier alpha value is -1.60. The van der Waals surface area contributed by atoms with Crippen molar-refractivity contribution in [3.05, 3.63) is 70.3 Å². The van der Waals surface area contributed by atoms with Crippen LogP contribution in [0.3, 0.4) is 0 Å². The van der Waals surface area contributed by atoms with E-state index in [2.05, 4.69) is 75.5 Å². The van der Waals surface area contributed by atoms with Gasteiger partial charge in [-0.2, -0.15) is 0 Å². The lowest BCUT2D eigenvalue weighted by Crippen LogP contribution is -2.22. The van der Waals surface area contributed by atoms with Gasteiger partial charge in [0.15, 0.2) is 0 Å². The average Bonchev–Trinajstić information content (AvgIpc) is 2.53. The summed E-state index contributed by atoms with van der Waals surface area (Å²) < 4.78 is 0. The molecule has 0 saturated carbocycles. The molecule has 0 aliphatic heterocycles. The van der Waals surface area contributed by atoms with E-state index in [9.17, 15) is 0 Å². The van der Waals surface area contributed by atoms with Gasteiger partial charge in [-0.1, -0.05) is 68.8 Å². The third-order valence-electron chi connectivity index (χ3n) is 4.14. The maximum absolute atomic E-state index is 3.62. The Morgan fingerprint density at radius 1 is 0.810 bits per heavy atom. The Labute approximate surface area is 129 Å². The van der Waals surface area contributed by atoms with E-state index >= 15 is 0 Å². The average molecular weight is 281 g/mol. The highest BCUT2D eigenvalue weighted by Gasteiger charge is 2.14. The van der Waals surface area contributed by atoms with Gasteiger partial charge in [-0.15, -0.1) is 0 Å². The molecule has 0 aromatic heterocycles. The highest BCUT2D eigenvalue weighted by Crippen LogP contribution is 2.25. The standard InChI is InChI=1S/C20H27N/c1-5-16-12-13-19(14-17(16)6-2)20(21-7-3)18-10-8-15(4)9-11-18/h8-14,20-21H,5-7H2,1-4H3. The van der Waals surface area contributed by atoms with E-state index in [1.165, 1.54) is 27.8 Å².